The van der Waals surface area contributed by atoms with Crippen molar-refractivity contribution in [3.05, 3.63) is 41.5 Å². The van der Waals surface area contributed by atoms with Gasteiger partial charge in [-0.05, 0) is 36.8 Å². The Balaban J connectivity index is 1.74. The van der Waals surface area contributed by atoms with E-state index in [1.165, 1.54) is 0 Å². The van der Waals surface area contributed by atoms with E-state index in [4.69, 9.17) is 0 Å². The van der Waals surface area contributed by atoms with Crippen LogP contribution in [0.4, 0.5) is 5.69 Å². The summed E-state index contributed by atoms with van der Waals surface area (Å²) in [5.74, 6) is -1.33. The molecule has 1 aromatic rings. The van der Waals surface area contributed by atoms with Gasteiger partial charge in [-0.1, -0.05) is 44.2 Å². The van der Waals surface area contributed by atoms with Gasteiger partial charge in [0.25, 0.3) is 0 Å². The van der Waals surface area contributed by atoms with Crippen LogP contribution < -0.4 is 5.32 Å². The van der Waals surface area contributed by atoms with Gasteiger partial charge in [0.15, 0.2) is 0 Å². The SMILES string of the molecule is CCc1cccc(CC)c1NC(=O)CN1C(=O)[C@@H]2CC=CC[C@H]2C1=O. The van der Waals surface area contributed by atoms with Gasteiger partial charge in [0.05, 0.1) is 11.8 Å². The maximum Gasteiger partial charge on any atom is 0.244 e. The highest BCUT2D eigenvalue weighted by molar-refractivity contribution is 6.09. The van der Waals surface area contributed by atoms with E-state index in [0.717, 1.165) is 34.6 Å². The molecule has 25 heavy (non-hydrogen) atoms. The zero-order chi connectivity index (χ0) is 18.0. The van der Waals surface area contributed by atoms with Crippen LogP contribution >= 0.6 is 0 Å². The van der Waals surface area contributed by atoms with Crippen molar-refractivity contribution in [1.82, 2.24) is 4.90 Å². The third kappa shape index (κ3) is 3.23. The van der Waals surface area contributed by atoms with Crippen LogP contribution in [0.25, 0.3) is 0 Å². The maximum atomic E-state index is 12.5. The largest absolute Gasteiger partial charge is 0.324 e. The molecule has 0 aromatic heterocycles. The molecule has 2 aliphatic rings. The molecular weight excluding hydrogens is 316 g/mol. The Morgan fingerprint density at radius 1 is 1.04 bits per heavy atom. The van der Waals surface area contributed by atoms with Crippen molar-refractivity contribution in [3.63, 3.8) is 0 Å². The molecule has 5 nitrogen and oxygen atoms in total. The number of carbonyl (C=O) groups is 3. The van der Waals surface area contributed by atoms with Crippen LogP contribution in [0.5, 0.6) is 0 Å². The Morgan fingerprint density at radius 2 is 1.56 bits per heavy atom. The van der Waals surface area contributed by atoms with Crippen LogP contribution in [0.3, 0.4) is 0 Å². The molecule has 2 atom stereocenters. The van der Waals surface area contributed by atoms with Crippen molar-refractivity contribution in [2.45, 2.75) is 39.5 Å². The summed E-state index contributed by atoms with van der Waals surface area (Å²) in [7, 11) is 0. The Morgan fingerprint density at radius 3 is 2.04 bits per heavy atom. The highest BCUT2D eigenvalue weighted by Gasteiger charge is 2.47. The molecule has 1 fully saturated rings. The van der Waals surface area contributed by atoms with Gasteiger partial charge >= 0.3 is 0 Å². The summed E-state index contributed by atoms with van der Waals surface area (Å²) < 4.78 is 0. The van der Waals surface area contributed by atoms with Gasteiger partial charge in [-0.25, -0.2) is 0 Å². The van der Waals surface area contributed by atoms with E-state index in [-0.39, 0.29) is 36.1 Å². The summed E-state index contributed by atoms with van der Waals surface area (Å²) in [4.78, 5) is 38.6. The zero-order valence-corrected chi connectivity index (χ0v) is 14.7. The Bertz CT molecular complexity index is 690. The highest BCUT2D eigenvalue weighted by Crippen LogP contribution is 2.35. The summed E-state index contributed by atoms with van der Waals surface area (Å²) in [6.45, 7) is 3.87. The average molecular weight is 340 g/mol. The van der Waals surface area contributed by atoms with Crippen molar-refractivity contribution in [1.29, 1.82) is 0 Å². The van der Waals surface area contributed by atoms with E-state index in [1.54, 1.807) is 0 Å². The smallest absolute Gasteiger partial charge is 0.244 e. The fourth-order valence-electron chi connectivity index (χ4n) is 3.75. The summed E-state index contributed by atoms with van der Waals surface area (Å²) in [6, 6.07) is 5.96. The van der Waals surface area contributed by atoms with Crippen LogP contribution in [-0.4, -0.2) is 29.2 Å². The molecule has 0 radical (unpaired) electrons. The number of para-hydroxylation sites is 1. The molecule has 1 aromatic carbocycles. The number of fused-ring (bicyclic) bond motifs is 1. The quantitative estimate of drug-likeness (QED) is 0.662. The van der Waals surface area contributed by atoms with Crippen LogP contribution in [0.2, 0.25) is 0 Å². The van der Waals surface area contributed by atoms with Gasteiger partial charge in [0.1, 0.15) is 6.54 Å². The van der Waals surface area contributed by atoms with Gasteiger partial charge < -0.3 is 5.32 Å². The van der Waals surface area contributed by atoms with E-state index in [9.17, 15) is 14.4 Å². The summed E-state index contributed by atoms with van der Waals surface area (Å²) >= 11 is 0. The molecule has 1 saturated heterocycles. The van der Waals surface area contributed by atoms with Crippen LogP contribution in [0.15, 0.2) is 30.4 Å². The van der Waals surface area contributed by atoms with Gasteiger partial charge in [0, 0.05) is 5.69 Å². The minimum absolute atomic E-state index is 0.203. The number of rotatable bonds is 5. The Kier molecular flexibility index (Phi) is 5.02. The topological polar surface area (TPSA) is 66.5 Å². The van der Waals surface area contributed by atoms with Crippen molar-refractivity contribution >= 4 is 23.4 Å². The number of imide groups is 1. The van der Waals surface area contributed by atoms with Gasteiger partial charge in [-0.15, -0.1) is 0 Å². The number of aryl methyl sites for hydroxylation is 2. The molecule has 5 heteroatoms. The molecule has 1 heterocycles. The number of nitrogens with zero attached hydrogens (tertiary/aromatic N) is 1. The second-order valence-corrected chi connectivity index (χ2v) is 6.62. The number of carbonyl (C=O) groups excluding carboxylic acids is 3. The first-order valence-electron chi connectivity index (χ1n) is 8.97. The second-order valence-electron chi connectivity index (χ2n) is 6.62. The Labute approximate surface area is 148 Å². The molecule has 132 valence electrons. The lowest BCUT2D eigenvalue weighted by atomic mass is 9.85. The number of amides is 3. The zero-order valence-electron chi connectivity index (χ0n) is 14.7. The minimum Gasteiger partial charge on any atom is -0.324 e. The van der Waals surface area contributed by atoms with E-state index in [0.29, 0.717) is 12.8 Å². The van der Waals surface area contributed by atoms with Crippen molar-refractivity contribution in [3.8, 4) is 0 Å². The number of allylic oxidation sites excluding steroid dienone is 2. The number of nitrogens with one attached hydrogen (secondary N) is 1. The molecule has 1 aliphatic heterocycles. The predicted octanol–water partition coefficient (Wildman–Crippen LogP) is 2.70. The molecular formula is C20H24N2O3. The van der Waals surface area contributed by atoms with Crippen LogP contribution in [0.1, 0.15) is 37.8 Å². The molecule has 3 amide bonds. The van der Waals surface area contributed by atoms with Crippen molar-refractivity contribution in [2.75, 3.05) is 11.9 Å². The number of hydrogen-bond acceptors (Lipinski definition) is 3. The lowest BCUT2D eigenvalue weighted by molar-refractivity contribution is -0.142. The third-order valence-electron chi connectivity index (χ3n) is 5.16. The summed E-state index contributed by atoms with van der Waals surface area (Å²) in [5.41, 5.74) is 2.94. The fraction of sp³-hybridized carbons (Fsp3) is 0.450. The van der Waals surface area contributed by atoms with E-state index < -0.39 is 0 Å². The standard InChI is InChI=1S/C20H24N2O3/c1-3-13-8-7-9-14(4-2)18(13)21-17(23)12-22-19(24)15-10-5-6-11-16(15)20(22)25/h5-9,15-16H,3-4,10-12H2,1-2H3,(H,21,23)/t15-,16-/m1/s1. The molecule has 0 unspecified atom stereocenters. The maximum absolute atomic E-state index is 12.5. The molecule has 1 aliphatic carbocycles. The second kappa shape index (κ2) is 7.21. The third-order valence-corrected chi connectivity index (χ3v) is 5.16. The average Bonchev–Trinajstić information content (AvgIpc) is 2.87. The summed E-state index contributed by atoms with van der Waals surface area (Å²) in [5, 5.41) is 2.93. The van der Waals surface area contributed by atoms with Crippen molar-refractivity contribution in [2.24, 2.45) is 11.8 Å². The van der Waals surface area contributed by atoms with E-state index in [2.05, 4.69) is 5.32 Å². The molecule has 0 spiro atoms. The molecule has 0 bridgehead atoms. The fourth-order valence-corrected chi connectivity index (χ4v) is 3.75. The predicted molar refractivity (Wildman–Crippen MR) is 95.9 cm³/mol. The van der Waals surface area contributed by atoms with Crippen LogP contribution in [-0.2, 0) is 27.2 Å². The normalized spacial score (nSPS) is 22.2. The van der Waals surface area contributed by atoms with Gasteiger partial charge in [-0.3, -0.25) is 19.3 Å². The monoisotopic (exact) mass is 340 g/mol. The number of anilines is 1. The first-order chi connectivity index (χ1) is 12.1. The Hall–Kier alpha value is -2.43. The van der Waals surface area contributed by atoms with Crippen molar-refractivity contribution < 1.29 is 14.4 Å². The molecule has 1 N–H and O–H groups in total. The number of hydrogen-bond donors (Lipinski definition) is 1. The van der Waals surface area contributed by atoms with E-state index in [1.807, 2.05) is 44.2 Å². The first kappa shape index (κ1) is 17.4. The highest BCUT2D eigenvalue weighted by atomic mass is 16.2. The van der Waals surface area contributed by atoms with Gasteiger partial charge in [-0.2, -0.15) is 0 Å². The molecule has 0 saturated carbocycles. The minimum atomic E-state index is -0.316. The lowest BCUT2D eigenvalue weighted by Gasteiger charge is -2.17. The van der Waals surface area contributed by atoms with E-state index >= 15 is 0 Å². The lowest BCUT2D eigenvalue weighted by Crippen LogP contribution is -2.38. The molecule has 3 rings (SSSR count). The first-order valence-corrected chi connectivity index (χ1v) is 8.97. The van der Waals surface area contributed by atoms with Gasteiger partial charge in [0.2, 0.25) is 17.7 Å². The summed E-state index contributed by atoms with van der Waals surface area (Å²) in [6.07, 6.45) is 6.68. The number of likely N-dealkylation sites (tertiary alicyclic amines) is 1. The number of benzene rings is 1. The van der Waals surface area contributed by atoms with Crippen LogP contribution in [0, 0.1) is 11.8 Å².